The Morgan fingerprint density at radius 1 is 0.821 bits per heavy atom. The van der Waals surface area contributed by atoms with Gasteiger partial charge in [0.15, 0.2) is 5.96 Å². The molecule has 0 aromatic rings. The summed E-state index contributed by atoms with van der Waals surface area (Å²) in [6.45, 7) is 5.36. The summed E-state index contributed by atoms with van der Waals surface area (Å²) in [7, 11) is 1.66. The molecule has 1 aliphatic heterocycles. The Balaban J connectivity index is 1.64. The molecule has 16 heteroatoms. The van der Waals surface area contributed by atoms with E-state index in [1.807, 2.05) is 13.8 Å². The van der Waals surface area contributed by atoms with E-state index in [0.717, 1.165) is 64.2 Å². The average molecular weight is 790 g/mol. The Labute approximate surface area is 333 Å². The zero-order valence-electron chi connectivity index (χ0n) is 34.3. The van der Waals surface area contributed by atoms with Crippen molar-refractivity contribution in [3.8, 4) is 0 Å². The second kappa shape index (κ2) is 22.4. The molecule has 16 nitrogen and oxygen atoms in total. The Morgan fingerprint density at radius 2 is 1.43 bits per heavy atom. The van der Waals surface area contributed by atoms with Gasteiger partial charge in [-0.2, -0.15) is 0 Å². The molecule has 56 heavy (non-hydrogen) atoms. The van der Waals surface area contributed by atoms with Crippen LogP contribution in [0.3, 0.4) is 0 Å². The first-order valence-electron chi connectivity index (χ1n) is 21.3. The van der Waals surface area contributed by atoms with Gasteiger partial charge in [0, 0.05) is 19.6 Å². The molecular formula is C40H71N9O7. The van der Waals surface area contributed by atoms with E-state index >= 15 is 0 Å². The Morgan fingerprint density at radius 3 is 2.05 bits per heavy atom. The van der Waals surface area contributed by atoms with Gasteiger partial charge >= 0.3 is 0 Å². The first-order chi connectivity index (χ1) is 26.8. The van der Waals surface area contributed by atoms with Crippen molar-refractivity contribution in [1.82, 2.24) is 26.2 Å². The van der Waals surface area contributed by atoms with Crippen molar-refractivity contribution in [2.45, 2.75) is 172 Å². The topological polar surface area (TPSA) is 246 Å². The zero-order chi connectivity index (χ0) is 40.8. The van der Waals surface area contributed by atoms with Crippen LogP contribution >= 0.6 is 0 Å². The molecule has 5 amide bonds. The van der Waals surface area contributed by atoms with E-state index in [0.29, 0.717) is 38.0 Å². The lowest BCUT2D eigenvalue weighted by molar-refractivity contribution is -0.147. The van der Waals surface area contributed by atoms with Gasteiger partial charge in [-0.25, -0.2) is 0 Å². The lowest BCUT2D eigenvalue weighted by atomic mass is 9.82. The molecule has 0 spiro atoms. The SMILES string of the molecule is CCC[C@H]1C(=O)N[C@@H](C2CCCCCC2)C(=O)N[C@@H](CN)C(=O)N[C@@H](COC2CC(N=C(N)N)C2)C(=O)N[C@H](C)CO[C@H](CC2CCCCC2)[C@@H](C)C(=O)N1C. The van der Waals surface area contributed by atoms with E-state index in [-0.39, 0.29) is 49.7 Å². The van der Waals surface area contributed by atoms with Crippen LogP contribution in [0.2, 0.25) is 0 Å². The van der Waals surface area contributed by atoms with Crippen LogP contribution in [-0.4, -0.2) is 116 Å². The molecule has 0 aromatic heterocycles. The molecule has 1 heterocycles. The number of nitrogens with two attached hydrogens (primary N) is 3. The van der Waals surface area contributed by atoms with Crippen LogP contribution in [0.1, 0.15) is 124 Å². The van der Waals surface area contributed by atoms with E-state index in [1.165, 1.54) is 11.3 Å². The standard InChI is InChI=1S/C40H71N9O7/c1-5-13-32-37(52)48-34(27-16-11-6-7-12-17-27)38(53)46-30(21-41)35(50)47-31(23-55-29-19-28(20-29)45-40(42)43)36(51)44-24(2)22-56-33(25(3)39(54)49(32)4)18-26-14-9-8-10-15-26/h24-34H,5-23,41H2,1-4H3,(H,44,51)(H,46,53)(H,47,50)(H,48,52)(H4,42,43,45)/t24-,25-,28?,29?,30+,31+,32+,33-,34+/m1/s1. The molecule has 4 aliphatic rings. The van der Waals surface area contributed by atoms with Crippen molar-refractivity contribution in [2.75, 3.05) is 26.8 Å². The van der Waals surface area contributed by atoms with Gasteiger partial charge in [-0.15, -0.1) is 0 Å². The maximum Gasteiger partial charge on any atom is 0.245 e. The van der Waals surface area contributed by atoms with Crippen LogP contribution in [0.25, 0.3) is 0 Å². The minimum Gasteiger partial charge on any atom is -0.375 e. The maximum absolute atomic E-state index is 14.3. The predicted octanol–water partition coefficient (Wildman–Crippen LogP) is 1.33. The first-order valence-corrected chi connectivity index (χ1v) is 21.3. The first kappa shape index (κ1) is 45.2. The lowest BCUT2D eigenvalue weighted by Crippen LogP contribution is -2.62. The number of nitrogens with one attached hydrogen (secondary N) is 4. The molecule has 3 saturated carbocycles. The number of guanidine groups is 1. The molecule has 7 atom stereocenters. The van der Waals surface area contributed by atoms with Crippen LogP contribution in [0.4, 0.5) is 0 Å². The van der Waals surface area contributed by atoms with Crippen molar-refractivity contribution in [1.29, 1.82) is 0 Å². The molecule has 318 valence electrons. The normalized spacial score (nSPS) is 33.0. The van der Waals surface area contributed by atoms with Gasteiger partial charge in [-0.3, -0.25) is 29.0 Å². The van der Waals surface area contributed by atoms with E-state index in [2.05, 4.69) is 26.3 Å². The number of hydrogen-bond acceptors (Lipinski definition) is 9. The summed E-state index contributed by atoms with van der Waals surface area (Å²) in [6.07, 6.45) is 13.1. The smallest absolute Gasteiger partial charge is 0.245 e. The number of carbonyl (C=O) groups is 5. The van der Waals surface area contributed by atoms with Crippen LogP contribution in [0.5, 0.6) is 0 Å². The van der Waals surface area contributed by atoms with Gasteiger partial charge in [0.2, 0.25) is 29.5 Å². The Hall–Kier alpha value is -3.50. The number of aliphatic imine (C=N–C) groups is 1. The molecule has 10 N–H and O–H groups in total. The molecular weight excluding hydrogens is 718 g/mol. The van der Waals surface area contributed by atoms with Gasteiger partial charge in [0.05, 0.1) is 37.4 Å². The number of hydrogen-bond donors (Lipinski definition) is 7. The summed E-state index contributed by atoms with van der Waals surface area (Å²) in [5, 5.41) is 11.6. The Kier molecular flexibility index (Phi) is 18.1. The van der Waals surface area contributed by atoms with E-state index in [1.54, 1.807) is 14.0 Å². The number of carbonyl (C=O) groups excluding carboxylic acids is 5. The number of nitrogens with zero attached hydrogens (tertiary/aromatic N) is 2. The van der Waals surface area contributed by atoms with Gasteiger partial charge in [-0.1, -0.05) is 78.1 Å². The van der Waals surface area contributed by atoms with Crippen molar-refractivity contribution in [3.63, 3.8) is 0 Å². The second-order valence-electron chi connectivity index (χ2n) is 16.8. The fourth-order valence-electron chi connectivity index (χ4n) is 8.69. The third-order valence-corrected chi connectivity index (χ3v) is 12.2. The van der Waals surface area contributed by atoms with Crippen molar-refractivity contribution < 1.29 is 33.4 Å². The van der Waals surface area contributed by atoms with Gasteiger partial charge in [0.25, 0.3) is 0 Å². The number of rotatable bonds is 10. The van der Waals surface area contributed by atoms with Crippen molar-refractivity contribution >= 4 is 35.5 Å². The van der Waals surface area contributed by atoms with Gasteiger partial charge in [0.1, 0.15) is 24.2 Å². The van der Waals surface area contributed by atoms with Crippen LogP contribution < -0.4 is 38.5 Å². The zero-order valence-corrected chi connectivity index (χ0v) is 34.3. The fraction of sp³-hybridized carbons (Fsp3) is 0.850. The third-order valence-electron chi connectivity index (χ3n) is 12.2. The summed E-state index contributed by atoms with van der Waals surface area (Å²) < 4.78 is 12.6. The highest BCUT2D eigenvalue weighted by Gasteiger charge is 2.39. The third kappa shape index (κ3) is 13.3. The molecule has 4 rings (SSSR count). The lowest BCUT2D eigenvalue weighted by Gasteiger charge is -2.35. The van der Waals surface area contributed by atoms with E-state index in [4.69, 9.17) is 26.7 Å². The van der Waals surface area contributed by atoms with E-state index in [9.17, 15) is 24.0 Å². The average Bonchev–Trinajstić information content (AvgIpc) is 3.45. The van der Waals surface area contributed by atoms with Crippen LogP contribution in [-0.2, 0) is 33.4 Å². The minimum atomic E-state index is -1.20. The predicted molar refractivity (Wildman–Crippen MR) is 214 cm³/mol. The minimum absolute atomic E-state index is 0.000886. The summed E-state index contributed by atoms with van der Waals surface area (Å²) in [5.41, 5.74) is 17.1. The van der Waals surface area contributed by atoms with E-state index < -0.39 is 65.9 Å². The monoisotopic (exact) mass is 790 g/mol. The van der Waals surface area contributed by atoms with Crippen LogP contribution in [0, 0.1) is 17.8 Å². The molecule has 0 unspecified atom stereocenters. The van der Waals surface area contributed by atoms with Crippen molar-refractivity contribution in [2.24, 2.45) is 39.9 Å². The summed E-state index contributed by atoms with van der Waals surface area (Å²) in [4.78, 5) is 76.1. The number of likely N-dealkylation sites (N-methyl/N-ethyl adjacent to an activating group) is 1. The molecule has 0 radical (unpaired) electrons. The highest BCUT2D eigenvalue weighted by molar-refractivity contribution is 5.96. The second-order valence-corrected chi connectivity index (χ2v) is 16.8. The Bertz CT molecular complexity index is 1330. The molecule has 3 aliphatic carbocycles. The van der Waals surface area contributed by atoms with Crippen LogP contribution in [0.15, 0.2) is 4.99 Å². The molecule has 4 fully saturated rings. The quantitative estimate of drug-likeness (QED) is 0.0951. The highest BCUT2D eigenvalue weighted by Crippen LogP contribution is 2.32. The van der Waals surface area contributed by atoms with Gasteiger partial charge < -0.3 is 52.8 Å². The van der Waals surface area contributed by atoms with Crippen molar-refractivity contribution in [3.05, 3.63) is 0 Å². The summed E-state index contributed by atoms with van der Waals surface area (Å²) in [5.74, 6) is -2.64. The molecule has 0 aromatic carbocycles. The molecule has 0 bridgehead atoms. The summed E-state index contributed by atoms with van der Waals surface area (Å²) >= 11 is 0. The maximum atomic E-state index is 14.3. The largest absolute Gasteiger partial charge is 0.375 e. The number of ether oxygens (including phenoxy) is 2. The summed E-state index contributed by atoms with van der Waals surface area (Å²) in [6, 6.07) is -4.65. The number of amides is 5. The molecule has 1 saturated heterocycles. The highest BCUT2D eigenvalue weighted by atomic mass is 16.5. The van der Waals surface area contributed by atoms with Gasteiger partial charge in [-0.05, 0) is 57.3 Å². The fourth-order valence-corrected chi connectivity index (χ4v) is 8.69.